The van der Waals surface area contributed by atoms with E-state index in [1.807, 2.05) is 13.0 Å². The first kappa shape index (κ1) is 18.7. The third kappa shape index (κ3) is 4.59. The van der Waals surface area contributed by atoms with Crippen LogP contribution in [0.3, 0.4) is 0 Å². The quantitative estimate of drug-likeness (QED) is 0.768. The summed E-state index contributed by atoms with van der Waals surface area (Å²) >= 11 is 0. The zero-order valence-electron chi connectivity index (χ0n) is 16.3. The molecule has 0 radical (unpaired) electrons. The number of aromatic nitrogens is 2. The molecule has 1 unspecified atom stereocenters. The van der Waals surface area contributed by atoms with E-state index in [0.29, 0.717) is 18.3 Å². The molecule has 0 N–H and O–H groups in total. The topological polar surface area (TPSA) is 73.8 Å². The Hall–Kier alpha value is -1.70. The molecule has 148 valence electrons. The average molecular weight is 375 g/mol. The van der Waals surface area contributed by atoms with E-state index in [-0.39, 0.29) is 5.60 Å². The molecular formula is C20H29N3O4. The van der Waals surface area contributed by atoms with E-state index in [4.69, 9.17) is 18.4 Å². The average Bonchev–Trinajstić information content (AvgIpc) is 3.27. The van der Waals surface area contributed by atoms with Gasteiger partial charge in [0, 0.05) is 33.2 Å². The van der Waals surface area contributed by atoms with E-state index in [1.54, 1.807) is 7.11 Å². The van der Waals surface area contributed by atoms with Crippen LogP contribution in [0.25, 0.3) is 0 Å². The molecule has 0 bridgehead atoms. The summed E-state index contributed by atoms with van der Waals surface area (Å²) in [7, 11) is 1.64. The van der Waals surface area contributed by atoms with Crippen LogP contribution in [0.4, 0.5) is 0 Å². The fourth-order valence-corrected chi connectivity index (χ4v) is 4.37. The standard InChI is InChI=1S/C20H29N3O4/c1-15-3-4-17(26-15)13-23-8-6-20(7-9-23)12-16(5-10-25-20)11-19-21-18(14-24-2)22-27-19/h3-4,16H,5-14H2,1-2H3. The van der Waals surface area contributed by atoms with Gasteiger partial charge in [0.15, 0.2) is 5.82 Å². The first-order chi connectivity index (χ1) is 13.1. The monoisotopic (exact) mass is 375 g/mol. The first-order valence-electron chi connectivity index (χ1n) is 9.86. The summed E-state index contributed by atoms with van der Waals surface area (Å²) in [5.41, 5.74) is 0.00782. The minimum atomic E-state index is 0.00782. The smallest absolute Gasteiger partial charge is 0.227 e. The van der Waals surface area contributed by atoms with Gasteiger partial charge in [-0.15, -0.1) is 0 Å². The van der Waals surface area contributed by atoms with E-state index >= 15 is 0 Å². The third-order valence-electron chi connectivity index (χ3n) is 5.78. The second-order valence-electron chi connectivity index (χ2n) is 7.92. The summed E-state index contributed by atoms with van der Waals surface area (Å²) in [6.07, 6.45) is 5.10. The largest absolute Gasteiger partial charge is 0.465 e. The van der Waals surface area contributed by atoms with Gasteiger partial charge in [-0.2, -0.15) is 4.98 Å². The van der Waals surface area contributed by atoms with Crippen molar-refractivity contribution >= 4 is 0 Å². The Labute approximate surface area is 160 Å². The number of ether oxygens (including phenoxy) is 2. The molecule has 27 heavy (non-hydrogen) atoms. The van der Waals surface area contributed by atoms with Crippen LogP contribution in [0.15, 0.2) is 21.1 Å². The van der Waals surface area contributed by atoms with E-state index in [9.17, 15) is 0 Å². The maximum atomic E-state index is 6.28. The summed E-state index contributed by atoms with van der Waals surface area (Å²) < 4.78 is 22.4. The van der Waals surface area contributed by atoms with Crippen molar-refractivity contribution in [2.75, 3.05) is 26.8 Å². The molecule has 0 aliphatic carbocycles. The Morgan fingerprint density at radius 3 is 2.89 bits per heavy atom. The van der Waals surface area contributed by atoms with Crippen LogP contribution in [-0.4, -0.2) is 47.4 Å². The molecule has 2 aromatic heterocycles. The molecule has 7 nitrogen and oxygen atoms in total. The van der Waals surface area contributed by atoms with Crippen LogP contribution >= 0.6 is 0 Å². The highest BCUT2D eigenvalue weighted by Gasteiger charge is 2.40. The van der Waals surface area contributed by atoms with Crippen molar-refractivity contribution in [2.45, 2.75) is 57.8 Å². The van der Waals surface area contributed by atoms with Crippen LogP contribution in [0.5, 0.6) is 0 Å². The molecule has 4 heterocycles. The van der Waals surface area contributed by atoms with Crippen molar-refractivity contribution < 1.29 is 18.4 Å². The fraction of sp³-hybridized carbons (Fsp3) is 0.700. The van der Waals surface area contributed by atoms with Gasteiger partial charge >= 0.3 is 0 Å². The molecule has 4 rings (SSSR count). The van der Waals surface area contributed by atoms with Crippen molar-refractivity contribution in [3.05, 3.63) is 35.4 Å². The summed E-state index contributed by atoms with van der Waals surface area (Å²) in [6.45, 7) is 6.19. The predicted octanol–water partition coefficient (Wildman–Crippen LogP) is 3.12. The molecule has 1 spiro atoms. The van der Waals surface area contributed by atoms with Crippen molar-refractivity contribution in [1.82, 2.24) is 15.0 Å². The van der Waals surface area contributed by atoms with Crippen molar-refractivity contribution in [2.24, 2.45) is 5.92 Å². The fourth-order valence-electron chi connectivity index (χ4n) is 4.37. The van der Waals surface area contributed by atoms with Gasteiger partial charge in [0.1, 0.15) is 18.1 Å². The number of rotatable bonds is 6. The molecule has 0 saturated carbocycles. The maximum Gasteiger partial charge on any atom is 0.227 e. The zero-order chi connectivity index (χ0) is 18.7. The molecule has 2 fully saturated rings. The lowest BCUT2D eigenvalue weighted by Crippen LogP contribution is -2.49. The summed E-state index contributed by atoms with van der Waals surface area (Å²) in [5, 5.41) is 3.97. The summed E-state index contributed by atoms with van der Waals surface area (Å²) in [4.78, 5) is 6.89. The second-order valence-corrected chi connectivity index (χ2v) is 7.92. The summed E-state index contributed by atoms with van der Waals surface area (Å²) in [6, 6.07) is 4.11. The van der Waals surface area contributed by atoms with Gasteiger partial charge in [-0.25, -0.2) is 0 Å². The molecule has 2 saturated heterocycles. The van der Waals surface area contributed by atoms with Gasteiger partial charge in [-0.3, -0.25) is 4.90 Å². The van der Waals surface area contributed by atoms with Gasteiger partial charge in [0.25, 0.3) is 0 Å². The Morgan fingerprint density at radius 1 is 1.30 bits per heavy atom. The lowest BCUT2D eigenvalue weighted by atomic mass is 9.78. The SMILES string of the molecule is COCc1noc(CC2CCOC3(CCN(Cc4ccc(C)o4)CC3)C2)n1. The van der Waals surface area contributed by atoms with E-state index in [0.717, 1.165) is 75.8 Å². The minimum Gasteiger partial charge on any atom is -0.465 e. The number of piperidine rings is 1. The van der Waals surface area contributed by atoms with Crippen LogP contribution in [-0.2, 0) is 29.0 Å². The van der Waals surface area contributed by atoms with Crippen LogP contribution in [0.1, 0.15) is 48.9 Å². The lowest BCUT2D eigenvalue weighted by Gasteiger charge is -2.46. The number of nitrogens with zero attached hydrogens (tertiary/aromatic N) is 3. The Kier molecular flexibility index (Phi) is 5.61. The normalized spacial score (nSPS) is 23.1. The van der Waals surface area contributed by atoms with Gasteiger partial charge < -0.3 is 18.4 Å². The Morgan fingerprint density at radius 2 is 2.15 bits per heavy atom. The molecule has 2 aromatic rings. The zero-order valence-corrected chi connectivity index (χ0v) is 16.3. The highest BCUT2D eigenvalue weighted by atomic mass is 16.5. The maximum absolute atomic E-state index is 6.28. The molecule has 0 aromatic carbocycles. The second kappa shape index (κ2) is 8.12. The van der Waals surface area contributed by atoms with E-state index in [1.165, 1.54) is 0 Å². The van der Waals surface area contributed by atoms with E-state index in [2.05, 4.69) is 21.1 Å². The number of hydrogen-bond donors (Lipinski definition) is 0. The van der Waals surface area contributed by atoms with Crippen LogP contribution in [0.2, 0.25) is 0 Å². The van der Waals surface area contributed by atoms with Crippen molar-refractivity contribution in [1.29, 1.82) is 0 Å². The van der Waals surface area contributed by atoms with Crippen LogP contribution < -0.4 is 0 Å². The predicted molar refractivity (Wildman–Crippen MR) is 98.1 cm³/mol. The van der Waals surface area contributed by atoms with Gasteiger partial charge in [0.2, 0.25) is 5.89 Å². The molecule has 1 atom stereocenters. The van der Waals surface area contributed by atoms with Gasteiger partial charge in [-0.05, 0) is 50.7 Å². The molecule has 2 aliphatic heterocycles. The van der Waals surface area contributed by atoms with Gasteiger partial charge in [0.05, 0.1) is 12.1 Å². The highest BCUT2D eigenvalue weighted by Crippen LogP contribution is 2.39. The molecule has 0 amide bonds. The van der Waals surface area contributed by atoms with Gasteiger partial charge in [-0.1, -0.05) is 5.16 Å². The number of hydrogen-bond acceptors (Lipinski definition) is 7. The Bertz CT molecular complexity index is 733. The van der Waals surface area contributed by atoms with Crippen molar-refractivity contribution in [3.63, 3.8) is 0 Å². The number of methoxy groups -OCH3 is 1. The molecular weight excluding hydrogens is 346 g/mol. The number of furan rings is 1. The van der Waals surface area contributed by atoms with Crippen LogP contribution in [0, 0.1) is 12.8 Å². The third-order valence-corrected chi connectivity index (χ3v) is 5.78. The lowest BCUT2D eigenvalue weighted by molar-refractivity contribution is -0.128. The Balaban J connectivity index is 1.30. The molecule has 7 heteroatoms. The van der Waals surface area contributed by atoms with Crippen molar-refractivity contribution in [3.8, 4) is 0 Å². The summed E-state index contributed by atoms with van der Waals surface area (Å²) in [5.74, 6) is 3.90. The first-order valence-corrected chi connectivity index (χ1v) is 9.86. The van der Waals surface area contributed by atoms with E-state index < -0.39 is 0 Å². The highest BCUT2D eigenvalue weighted by molar-refractivity contribution is 5.06. The number of aryl methyl sites for hydroxylation is 1. The number of likely N-dealkylation sites (tertiary alicyclic amines) is 1. The minimum absolute atomic E-state index is 0.00782. The molecule has 2 aliphatic rings.